The van der Waals surface area contributed by atoms with Crippen LogP contribution in [0.15, 0.2) is 24.3 Å². The summed E-state index contributed by atoms with van der Waals surface area (Å²) in [5.74, 6) is -0.464. The van der Waals surface area contributed by atoms with Crippen LogP contribution in [0.5, 0.6) is 0 Å². The first-order valence-corrected chi connectivity index (χ1v) is 11.9. The molecule has 31 heavy (non-hydrogen) atoms. The Hall–Kier alpha value is -2.17. The van der Waals surface area contributed by atoms with Gasteiger partial charge in [-0.15, -0.1) is 0 Å². The molecule has 1 aliphatic heterocycles. The summed E-state index contributed by atoms with van der Waals surface area (Å²) >= 11 is 0. The molecule has 0 radical (unpaired) electrons. The number of benzene rings is 1. The Morgan fingerprint density at radius 3 is 2.19 bits per heavy atom. The molecule has 0 aromatic heterocycles. The highest BCUT2D eigenvalue weighted by Gasteiger charge is 2.38. The van der Waals surface area contributed by atoms with E-state index in [4.69, 9.17) is 0 Å². The van der Waals surface area contributed by atoms with Crippen molar-refractivity contribution in [2.45, 2.75) is 92.9 Å². The summed E-state index contributed by atoms with van der Waals surface area (Å²) in [7, 11) is 0. The van der Waals surface area contributed by atoms with Gasteiger partial charge in [-0.25, -0.2) is 0 Å². The quantitative estimate of drug-likeness (QED) is 0.385. The van der Waals surface area contributed by atoms with Gasteiger partial charge >= 0.3 is 0 Å². The zero-order chi connectivity index (χ0) is 23.4. The molecule has 5 heteroatoms. The van der Waals surface area contributed by atoms with E-state index in [9.17, 15) is 14.4 Å². The first-order valence-electron chi connectivity index (χ1n) is 11.9. The van der Waals surface area contributed by atoms with Crippen LogP contribution in [0.1, 0.15) is 92.1 Å². The van der Waals surface area contributed by atoms with Crippen LogP contribution in [0.4, 0.5) is 5.69 Å². The topological polar surface area (TPSA) is 66.5 Å². The Morgan fingerprint density at radius 1 is 1.03 bits per heavy atom. The molecule has 0 bridgehead atoms. The van der Waals surface area contributed by atoms with Crippen LogP contribution in [0, 0.1) is 11.3 Å². The number of amides is 3. The maximum absolute atomic E-state index is 12.3. The molecule has 0 saturated carbocycles. The van der Waals surface area contributed by atoms with Crippen LogP contribution in [-0.4, -0.2) is 24.3 Å². The lowest BCUT2D eigenvalue weighted by Crippen LogP contribution is -2.30. The molecule has 1 aromatic rings. The molecular formula is C26H42N2O3. The Balaban J connectivity index is 0.00000233. The lowest BCUT2D eigenvalue weighted by Gasteiger charge is -2.17. The second-order valence-corrected chi connectivity index (χ2v) is 9.29. The third kappa shape index (κ3) is 9.24. The second-order valence-electron chi connectivity index (χ2n) is 9.29. The molecule has 2 rings (SSSR count). The van der Waals surface area contributed by atoms with Gasteiger partial charge in [0.1, 0.15) is 0 Å². The molecule has 0 aliphatic carbocycles. The van der Waals surface area contributed by atoms with Gasteiger partial charge in [-0.1, -0.05) is 72.9 Å². The van der Waals surface area contributed by atoms with E-state index in [0.717, 1.165) is 18.4 Å². The summed E-state index contributed by atoms with van der Waals surface area (Å²) in [5.41, 5.74) is 1.87. The van der Waals surface area contributed by atoms with E-state index in [0.29, 0.717) is 30.5 Å². The van der Waals surface area contributed by atoms with Gasteiger partial charge in [-0.2, -0.15) is 0 Å². The number of nitrogens with zero attached hydrogens (tertiary/aromatic N) is 1. The fourth-order valence-corrected chi connectivity index (χ4v) is 3.66. The molecule has 3 amide bonds. The van der Waals surface area contributed by atoms with E-state index < -0.39 is 0 Å². The molecule has 174 valence electrons. The van der Waals surface area contributed by atoms with Crippen LogP contribution >= 0.6 is 0 Å². The van der Waals surface area contributed by atoms with E-state index in [1.807, 2.05) is 32.9 Å². The van der Waals surface area contributed by atoms with Gasteiger partial charge in [0.15, 0.2) is 0 Å². The molecule has 0 spiro atoms. The summed E-state index contributed by atoms with van der Waals surface area (Å²) in [4.78, 5) is 37.8. The molecule has 1 N–H and O–H groups in total. The number of rotatable bonds is 10. The van der Waals surface area contributed by atoms with Gasteiger partial charge in [0.05, 0.1) is 12.1 Å². The van der Waals surface area contributed by atoms with Crippen LogP contribution in [0.3, 0.4) is 0 Å². The average Bonchev–Trinajstić information content (AvgIpc) is 3.02. The van der Waals surface area contributed by atoms with Crippen LogP contribution < -0.4 is 10.2 Å². The highest BCUT2D eigenvalue weighted by Crippen LogP contribution is 2.28. The van der Waals surface area contributed by atoms with Gasteiger partial charge in [0, 0.05) is 18.9 Å². The molecule has 1 atom stereocenters. The van der Waals surface area contributed by atoms with Crippen molar-refractivity contribution in [2.75, 3.05) is 11.4 Å². The number of anilines is 1. The highest BCUT2D eigenvalue weighted by molar-refractivity contribution is 6.20. The van der Waals surface area contributed by atoms with Crippen molar-refractivity contribution >= 4 is 23.4 Å². The summed E-state index contributed by atoms with van der Waals surface area (Å²) in [6, 6.07) is 7.15. The van der Waals surface area contributed by atoms with E-state index >= 15 is 0 Å². The van der Waals surface area contributed by atoms with Crippen LogP contribution in [0.2, 0.25) is 0 Å². The predicted molar refractivity (Wildman–Crippen MR) is 128 cm³/mol. The lowest BCUT2D eigenvalue weighted by molar-refractivity contribution is -0.122. The number of hydrogen-bond donors (Lipinski definition) is 1. The number of carbonyl (C=O) groups is 3. The maximum Gasteiger partial charge on any atom is 0.237 e. The molecule has 1 fully saturated rings. The first kappa shape index (κ1) is 26.9. The highest BCUT2D eigenvalue weighted by atomic mass is 16.2. The third-order valence-corrected chi connectivity index (χ3v) is 5.47. The third-order valence-electron chi connectivity index (χ3n) is 5.47. The second kappa shape index (κ2) is 13.3. The Bertz CT molecular complexity index is 704. The van der Waals surface area contributed by atoms with Crippen molar-refractivity contribution in [1.82, 2.24) is 5.32 Å². The minimum atomic E-state index is -0.207. The fraction of sp³-hybridized carbons (Fsp3) is 0.654. The molecule has 1 saturated heterocycles. The van der Waals surface area contributed by atoms with Crippen molar-refractivity contribution in [3.8, 4) is 0 Å². The van der Waals surface area contributed by atoms with Crippen molar-refractivity contribution in [2.24, 2.45) is 11.3 Å². The fourth-order valence-electron chi connectivity index (χ4n) is 3.66. The molecule has 5 nitrogen and oxygen atoms in total. The van der Waals surface area contributed by atoms with Crippen molar-refractivity contribution in [1.29, 1.82) is 0 Å². The number of unbranched alkanes of at least 4 members (excludes halogenated alkanes) is 3. The van der Waals surface area contributed by atoms with E-state index in [1.54, 1.807) is 12.1 Å². The molecule has 1 aromatic carbocycles. The largest absolute Gasteiger partial charge is 0.356 e. The minimum Gasteiger partial charge on any atom is -0.356 e. The average molecular weight is 431 g/mol. The monoisotopic (exact) mass is 430 g/mol. The molecule has 1 unspecified atom stereocenters. The first-order chi connectivity index (χ1) is 14.7. The summed E-state index contributed by atoms with van der Waals surface area (Å²) < 4.78 is 0. The van der Waals surface area contributed by atoms with E-state index in [2.05, 4.69) is 26.1 Å². The molecule has 1 aliphatic rings. The number of imide groups is 1. The number of nitrogens with one attached hydrogen (secondary N) is 1. The minimum absolute atomic E-state index is 0.00631. The van der Waals surface area contributed by atoms with E-state index in [-0.39, 0.29) is 30.1 Å². The lowest BCUT2D eigenvalue weighted by atomic mass is 9.89. The Kier molecular flexibility index (Phi) is 11.5. The smallest absolute Gasteiger partial charge is 0.237 e. The van der Waals surface area contributed by atoms with Crippen LogP contribution in [-0.2, 0) is 20.8 Å². The van der Waals surface area contributed by atoms with Gasteiger partial charge in [-0.05, 0) is 42.4 Å². The van der Waals surface area contributed by atoms with E-state index in [1.165, 1.54) is 24.2 Å². The van der Waals surface area contributed by atoms with Gasteiger partial charge in [0.25, 0.3) is 0 Å². The van der Waals surface area contributed by atoms with Crippen LogP contribution in [0.25, 0.3) is 0 Å². The number of carbonyl (C=O) groups excluding carboxylic acids is 3. The van der Waals surface area contributed by atoms with Gasteiger partial charge in [0.2, 0.25) is 17.7 Å². The summed E-state index contributed by atoms with van der Waals surface area (Å²) in [6.07, 6.45) is 7.11. The predicted octanol–water partition coefficient (Wildman–Crippen LogP) is 5.66. The van der Waals surface area contributed by atoms with Gasteiger partial charge in [-0.3, -0.25) is 19.3 Å². The SMILES string of the molecule is CC.CCC1CC(=O)N(c2ccc(CC(=O)NCCCCCCC(C)(C)C)cc2)C1=O. The van der Waals surface area contributed by atoms with Crippen molar-refractivity contribution in [3.05, 3.63) is 29.8 Å². The Labute approximate surface area is 189 Å². The zero-order valence-corrected chi connectivity index (χ0v) is 20.4. The summed E-state index contributed by atoms with van der Waals surface area (Å²) in [6.45, 7) is 13.4. The van der Waals surface area contributed by atoms with Crippen molar-refractivity contribution < 1.29 is 14.4 Å². The standard InChI is InChI=1S/C24H36N2O3.C2H6/c1-5-19-17-22(28)26(23(19)29)20-12-10-18(11-13-20)16-21(27)25-15-9-7-6-8-14-24(2,3)4;1-2/h10-13,19H,5-9,14-17H2,1-4H3,(H,25,27);1-2H3. The number of hydrogen-bond acceptors (Lipinski definition) is 3. The zero-order valence-electron chi connectivity index (χ0n) is 20.4. The maximum atomic E-state index is 12.3. The summed E-state index contributed by atoms with van der Waals surface area (Å²) in [5, 5.41) is 2.98. The van der Waals surface area contributed by atoms with Gasteiger partial charge < -0.3 is 5.32 Å². The molecule has 1 heterocycles. The Morgan fingerprint density at radius 2 is 1.65 bits per heavy atom. The van der Waals surface area contributed by atoms with Crippen molar-refractivity contribution in [3.63, 3.8) is 0 Å². The normalized spacial score (nSPS) is 16.2. The molecular weight excluding hydrogens is 388 g/mol.